The van der Waals surface area contributed by atoms with Gasteiger partial charge in [0, 0.05) is 11.8 Å². The molecule has 1 aliphatic rings. The summed E-state index contributed by atoms with van der Waals surface area (Å²) in [5.74, 6) is 1.34. The number of ether oxygens (including phenoxy) is 1. The van der Waals surface area contributed by atoms with E-state index >= 15 is 0 Å². The minimum atomic E-state index is -0.458. The Balaban J connectivity index is 1.63. The lowest BCUT2D eigenvalue weighted by atomic mass is 10.0. The minimum absolute atomic E-state index is 0.458. The number of hydrogen-bond acceptors (Lipinski definition) is 7. The quantitative estimate of drug-likeness (QED) is 0.571. The Hall–Kier alpha value is -2.84. The van der Waals surface area contributed by atoms with E-state index in [4.69, 9.17) is 14.7 Å². The molecule has 3 aromatic heterocycles. The Kier molecular flexibility index (Phi) is 3.31. The van der Waals surface area contributed by atoms with Gasteiger partial charge in [0.05, 0.1) is 34.3 Å². The zero-order chi connectivity index (χ0) is 17.7. The van der Waals surface area contributed by atoms with Crippen LogP contribution in [0, 0.1) is 0 Å². The maximum absolute atomic E-state index is 5.94. The molecule has 1 aromatic carbocycles. The summed E-state index contributed by atoms with van der Waals surface area (Å²) in [5.41, 5.74) is 3.22. The van der Waals surface area contributed by atoms with Crippen molar-refractivity contribution in [2.75, 3.05) is 5.32 Å². The molecule has 4 aromatic rings. The van der Waals surface area contributed by atoms with E-state index in [-0.39, 0.29) is 0 Å². The van der Waals surface area contributed by atoms with Crippen LogP contribution in [0.1, 0.15) is 25.1 Å². The number of H-pyrrole nitrogens is 1. The summed E-state index contributed by atoms with van der Waals surface area (Å²) >= 11 is 1.60. The van der Waals surface area contributed by atoms with Crippen molar-refractivity contribution in [2.45, 2.75) is 26.1 Å². The monoisotopic (exact) mass is 364 g/mol. The summed E-state index contributed by atoms with van der Waals surface area (Å²) in [6, 6.07) is 8.07. The van der Waals surface area contributed by atoms with E-state index in [0.717, 1.165) is 38.0 Å². The molecular formula is C18H16N6OS. The standard InChI is InChI=1S/C18H16N6OS/c1-18(2)14-11(9-25-18)16(23-15(22-14)10-7-19-20-8-10)24-17-21-12-5-3-4-6-13(12)26-17/h3-8H,9H2,1-2H3,(H,19,20)(H,21,22,23,24). The lowest BCUT2D eigenvalue weighted by molar-refractivity contribution is -0.00995. The van der Waals surface area contributed by atoms with Crippen LogP contribution in [-0.2, 0) is 16.9 Å². The van der Waals surface area contributed by atoms with E-state index < -0.39 is 5.60 Å². The van der Waals surface area contributed by atoms with Gasteiger partial charge < -0.3 is 10.1 Å². The van der Waals surface area contributed by atoms with Crippen molar-refractivity contribution in [3.05, 3.63) is 47.9 Å². The van der Waals surface area contributed by atoms with Crippen molar-refractivity contribution in [2.24, 2.45) is 0 Å². The van der Waals surface area contributed by atoms with Gasteiger partial charge in [-0.15, -0.1) is 0 Å². The molecule has 1 aliphatic heterocycles. The molecule has 0 saturated heterocycles. The second kappa shape index (κ2) is 5.58. The molecule has 26 heavy (non-hydrogen) atoms. The first-order chi connectivity index (χ1) is 12.6. The van der Waals surface area contributed by atoms with Gasteiger partial charge in [-0.2, -0.15) is 5.10 Å². The number of anilines is 2. The number of para-hydroxylation sites is 1. The highest BCUT2D eigenvalue weighted by Crippen LogP contribution is 2.40. The van der Waals surface area contributed by atoms with Crippen LogP contribution >= 0.6 is 11.3 Å². The van der Waals surface area contributed by atoms with Gasteiger partial charge >= 0.3 is 0 Å². The summed E-state index contributed by atoms with van der Waals surface area (Å²) in [6.45, 7) is 4.51. The van der Waals surface area contributed by atoms with Gasteiger partial charge in [0.15, 0.2) is 11.0 Å². The van der Waals surface area contributed by atoms with Gasteiger partial charge in [-0.1, -0.05) is 23.5 Å². The van der Waals surface area contributed by atoms with Gasteiger partial charge in [0.2, 0.25) is 0 Å². The van der Waals surface area contributed by atoms with Crippen molar-refractivity contribution in [3.63, 3.8) is 0 Å². The molecule has 4 heterocycles. The van der Waals surface area contributed by atoms with Crippen LogP contribution in [0.5, 0.6) is 0 Å². The van der Waals surface area contributed by atoms with Gasteiger partial charge in [-0.05, 0) is 26.0 Å². The molecule has 0 unspecified atom stereocenters. The molecule has 7 nitrogen and oxygen atoms in total. The number of rotatable bonds is 3. The Morgan fingerprint density at radius 1 is 1.19 bits per heavy atom. The Bertz CT molecular complexity index is 1070. The lowest BCUT2D eigenvalue weighted by Crippen LogP contribution is -2.17. The van der Waals surface area contributed by atoms with Crippen molar-refractivity contribution in [1.29, 1.82) is 0 Å². The van der Waals surface area contributed by atoms with E-state index in [1.165, 1.54) is 0 Å². The second-order valence-electron chi connectivity index (χ2n) is 6.62. The van der Waals surface area contributed by atoms with Crippen LogP contribution in [-0.4, -0.2) is 25.1 Å². The fraction of sp³-hybridized carbons (Fsp3) is 0.222. The molecule has 0 spiro atoms. The molecule has 2 N–H and O–H groups in total. The number of hydrogen-bond donors (Lipinski definition) is 2. The SMILES string of the molecule is CC1(C)OCc2c(Nc3nc4ccccc4s3)nc(-c3cn[nH]c3)nc21. The first kappa shape index (κ1) is 15.4. The summed E-state index contributed by atoms with van der Waals surface area (Å²) in [6.07, 6.45) is 3.50. The van der Waals surface area contributed by atoms with E-state index in [2.05, 4.69) is 26.6 Å². The zero-order valence-corrected chi connectivity index (χ0v) is 15.1. The van der Waals surface area contributed by atoms with Crippen LogP contribution in [0.3, 0.4) is 0 Å². The summed E-state index contributed by atoms with van der Waals surface area (Å²) in [4.78, 5) is 14.1. The fourth-order valence-electron chi connectivity index (χ4n) is 3.07. The van der Waals surface area contributed by atoms with Gasteiger partial charge in [-0.25, -0.2) is 15.0 Å². The Labute approximate surface area is 153 Å². The van der Waals surface area contributed by atoms with Crippen LogP contribution in [0.2, 0.25) is 0 Å². The number of aromatic amines is 1. The van der Waals surface area contributed by atoms with Crippen molar-refractivity contribution < 1.29 is 4.74 Å². The highest BCUT2D eigenvalue weighted by atomic mass is 32.1. The van der Waals surface area contributed by atoms with Gasteiger partial charge in [0.1, 0.15) is 11.4 Å². The van der Waals surface area contributed by atoms with Gasteiger partial charge in [0.25, 0.3) is 0 Å². The first-order valence-corrected chi connectivity index (χ1v) is 9.09. The highest BCUT2D eigenvalue weighted by Gasteiger charge is 2.36. The van der Waals surface area contributed by atoms with Crippen LogP contribution in [0.15, 0.2) is 36.7 Å². The number of fused-ring (bicyclic) bond motifs is 2. The second-order valence-corrected chi connectivity index (χ2v) is 7.65. The molecule has 5 rings (SSSR count). The number of aromatic nitrogens is 5. The van der Waals surface area contributed by atoms with Crippen molar-refractivity contribution in [3.8, 4) is 11.4 Å². The van der Waals surface area contributed by atoms with Crippen molar-refractivity contribution >= 4 is 32.5 Å². The largest absolute Gasteiger partial charge is 0.364 e. The van der Waals surface area contributed by atoms with E-state index in [0.29, 0.717) is 12.4 Å². The Morgan fingerprint density at radius 2 is 2.08 bits per heavy atom. The van der Waals surface area contributed by atoms with E-state index in [1.54, 1.807) is 23.7 Å². The van der Waals surface area contributed by atoms with Crippen LogP contribution in [0.4, 0.5) is 10.9 Å². The molecular weight excluding hydrogens is 348 g/mol. The fourth-order valence-corrected chi connectivity index (χ4v) is 3.94. The van der Waals surface area contributed by atoms with Crippen LogP contribution < -0.4 is 5.32 Å². The summed E-state index contributed by atoms with van der Waals surface area (Å²) < 4.78 is 7.07. The van der Waals surface area contributed by atoms with E-state index in [1.807, 2.05) is 32.0 Å². The number of thiazole rings is 1. The summed E-state index contributed by atoms with van der Waals surface area (Å²) in [5, 5.41) is 11.0. The van der Waals surface area contributed by atoms with Crippen LogP contribution in [0.25, 0.3) is 21.6 Å². The molecule has 0 amide bonds. The molecule has 0 aliphatic carbocycles. The third-order valence-corrected chi connectivity index (χ3v) is 5.38. The Morgan fingerprint density at radius 3 is 2.88 bits per heavy atom. The average molecular weight is 364 g/mol. The smallest absolute Gasteiger partial charge is 0.189 e. The average Bonchev–Trinajstić information content (AvgIpc) is 3.34. The molecule has 0 atom stereocenters. The maximum atomic E-state index is 5.94. The molecule has 0 radical (unpaired) electrons. The first-order valence-electron chi connectivity index (χ1n) is 8.27. The third-order valence-electron chi connectivity index (χ3n) is 4.43. The molecule has 0 bridgehead atoms. The third kappa shape index (κ3) is 2.46. The highest BCUT2D eigenvalue weighted by molar-refractivity contribution is 7.22. The van der Waals surface area contributed by atoms with Gasteiger partial charge in [-0.3, -0.25) is 5.10 Å². The lowest BCUT2D eigenvalue weighted by Gasteiger charge is -2.17. The molecule has 0 fully saturated rings. The molecule has 8 heteroatoms. The minimum Gasteiger partial charge on any atom is -0.364 e. The molecule has 0 saturated carbocycles. The predicted octanol–water partition coefficient (Wildman–Crippen LogP) is 3.99. The predicted molar refractivity (Wildman–Crippen MR) is 100 cm³/mol. The maximum Gasteiger partial charge on any atom is 0.189 e. The number of nitrogens with zero attached hydrogens (tertiary/aromatic N) is 4. The topological polar surface area (TPSA) is 88.6 Å². The zero-order valence-electron chi connectivity index (χ0n) is 14.3. The summed E-state index contributed by atoms with van der Waals surface area (Å²) in [7, 11) is 0. The normalized spacial score (nSPS) is 15.3. The van der Waals surface area contributed by atoms with Crippen molar-refractivity contribution in [1.82, 2.24) is 25.1 Å². The number of nitrogens with one attached hydrogen (secondary N) is 2. The van der Waals surface area contributed by atoms with E-state index in [9.17, 15) is 0 Å². The molecule has 130 valence electrons. The number of benzene rings is 1.